The maximum atomic E-state index is 12.9. The molecule has 0 saturated carbocycles. The van der Waals surface area contributed by atoms with Crippen molar-refractivity contribution in [3.63, 3.8) is 0 Å². The summed E-state index contributed by atoms with van der Waals surface area (Å²) in [4.78, 5) is 0. The molecule has 0 rings (SSSR count). The second-order valence-corrected chi connectivity index (χ2v) is 2.50. The van der Waals surface area contributed by atoms with Crippen LogP contribution in [0.15, 0.2) is 12.4 Å². The summed E-state index contributed by atoms with van der Waals surface area (Å²) < 4.78 is 84.8. The standard InChI is InChI=1S/C7H7F7/c8-3-1-6(12,5(10)11)7(13,14)2-4-9/h1,3,5H,2,4H2. The molecule has 0 nitrogen and oxygen atoms in total. The molecule has 0 bridgehead atoms. The van der Waals surface area contributed by atoms with Gasteiger partial charge in [-0.25, -0.2) is 26.3 Å². The highest BCUT2D eigenvalue weighted by Gasteiger charge is 2.59. The number of hydrogen-bond donors (Lipinski definition) is 0. The molecule has 0 aliphatic rings. The normalized spacial score (nSPS) is 17.7. The minimum absolute atomic E-state index is 0.604. The summed E-state index contributed by atoms with van der Waals surface area (Å²) in [6.45, 7) is -1.68. The van der Waals surface area contributed by atoms with Gasteiger partial charge in [-0.3, -0.25) is 4.39 Å². The van der Waals surface area contributed by atoms with E-state index in [0.717, 1.165) is 0 Å². The lowest BCUT2D eigenvalue weighted by atomic mass is 9.96. The molecule has 0 N–H and O–H groups in total. The third-order valence-electron chi connectivity index (χ3n) is 1.59. The van der Waals surface area contributed by atoms with Crippen LogP contribution in [-0.2, 0) is 0 Å². The van der Waals surface area contributed by atoms with Crippen molar-refractivity contribution in [2.24, 2.45) is 0 Å². The highest BCUT2D eigenvalue weighted by molar-refractivity contribution is 5.09. The van der Waals surface area contributed by atoms with Crippen molar-refractivity contribution in [1.29, 1.82) is 0 Å². The molecular weight excluding hydrogens is 217 g/mol. The fraction of sp³-hybridized carbons (Fsp3) is 0.714. The number of allylic oxidation sites excluding steroid dienone is 1. The van der Waals surface area contributed by atoms with Gasteiger partial charge in [0.2, 0.25) is 0 Å². The van der Waals surface area contributed by atoms with Crippen LogP contribution in [0.25, 0.3) is 0 Å². The first-order chi connectivity index (χ1) is 6.31. The molecule has 0 aromatic carbocycles. The van der Waals surface area contributed by atoms with Crippen molar-refractivity contribution in [1.82, 2.24) is 0 Å². The van der Waals surface area contributed by atoms with E-state index in [0.29, 0.717) is 0 Å². The van der Waals surface area contributed by atoms with Crippen molar-refractivity contribution >= 4 is 0 Å². The van der Waals surface area contributed by atoms with E-state index in [9.17, 15) is 30.7 Å². The molecule has 1 unspecified atom stereocenters. The summed E-state index contributed by atoms with van der Waals surface area (Å²) in [6.07, 6.45) is -7.21. The Hall–Kier alpha value is -0.750. The molecule has 0 aromatic rings. The fourth-order valence-electron chi connectivity index (χ4n) is 0.756. The zero-order chi connectivity index (χ0) is 11.4. The van der Waals surface area contributed by atoms with Crippen molar-refractivity contribution in [2.45, 2.75) is 24.4 Å². The topological polar surface area (TPSA) is 0 Å². The van der Waals surface area contributed by atoms with Crippen LogP contribution in [0.3, 0.4) is 0 Å². The number of rotatable bonds is 5. The Morgan fingerprint density at radius 3 is 1.93 bits per heavy atom. The first-order valence-corrected chi connectivity index (χ1v) is 3.50. The fourth-order valence-corrected chi connectivity index (χ4v) is 0.756. The Morgan fingerprint density at radius 2 is 1.64 bits per heavy atom. The van der Waals surface area contributed by atoms with Crippen LogP contribution in [0.4, 0.5) is 30.7 Å². The van der Waals surface area contributed by atoms with E-state index in [-0.39, 0.29) is 0 Å². The van der Waals surface area contributed by atoms with Gasteiger partial charge in [0.15, 0.2) is 0 Å². The SMILES string of the molecule is FC=CC(F)(C(F)F)C(F)(F)CCF. The Morgan fingerprint density at radius 1 is 1.14 bits per heavy atom. The molecular formula is C7H7F7. The Kier molecular flexibility index (Phi) is 4.41. The average Bonchev–Trinajstić information content (AvgIpc) is 2.03. The highest BCUT2D eigenvalue weighted by atomic mass is 19.3. The second kappa shape index (κ2) is 4.65. The molecule has 0 amide bonds. The molecule has 84 valence electrons. The molecule has 14 heavy (non-hydrogen) atoms. The quantitative estimate of drug-likeness (QED) is 0.627. The van der Waals surface area contributed by atoms with Crippen molar-refractivity contribution in [3.8, 4) is 0 Å². The lowest BCUT2D eigenvalue weighted by Crippen LogP contribution is -2.48. The van der Waals surface area contributed by atoms with Gasteiger partial charge in [-0.05, 0) is 6.08 Å². The summed E-state index contributed by atoms with van der Waals surface area (Å²) in [5.41, 5.74) is -4.46. The van der Waals surface area contributed by atoms with Crippen molar-refractivity contribution in [3.05, 3.63) is 12.4 Å². The van der Waals surface area contributed by atoms with E-state index in [1.807, 2.05) is 0 Å². The lowest BCUT2D eigenvalue weighted by Gasteiger charge is -2.29. The number of hydrogen-bond acceptors (Lipinski definition) is 0. The monoisotopic (exact) mass is 224 g/mol. The predicted molar refractivity (Wildman–Crippen MR) is 35.6 cm³/mol. The van der Waals surface area contributed by atoms with Gasteiger partial charge in [0.05, 0.1) is 13.0 Å². The van der Waals surface area contributed by atoms with E-state index in [4.69, 9.17) is 0 Å². The van der Waals surface area contributed by atoms with Crippen LogP contribution < -0.4 is 0 Å². The van der Waals surface area contributed by atoms with Crippen LogP contribution >= 0.6 is 0 Å². The summed E-state index contributed by atoms with van der Waals surface area (Å²) >= 11 is 0. The molecule has 0 fully saturated rings. The molecule has 0 spiro atoms. The summed E-state index contributed by atoms with van der Waals surface area (Å²) in [5.74, 6) is -4.64. The zero-order valence-electron chi connectivity index (χ0n) is 6.79. The summed E-state index contributed by atoms with van der Waals surface area (Å²) in [6, 6.07) is 0. The Balaban J connectivity index is 4.98. The maximum Gasteiger partial charge on any atom is 0.293 e. The number of halogens is 7. The molecule has 0 aromatic heterocycles. The largest absolute Gasteiger partial charge is 0.293 e. The molecule has 0 saturated heterocycles. The minimum atomic E-state index is -4.64. The first kappa shape index (κ1) is 13.2. The first-order valence-electron chi connectivity index (χ1n) is 3.50. The minimum Gasteiger partial charge on any atom is -0.251 e. The van der Waals surface area contributed by atoms with E-state index in [1.54, 1.807) is 0 Å². The van der Waals surface area contributed by atoms with Gasteiger partial charge in [-0.15, -0.1) is 0 Å². The molecule has 0 aliphatic carbocycles. The van der Waals surface area contributed by atoms with Crippen LogP contribution in [0, 0.1) is 0 Å². The Bertz CT molecular complexity index is 200. The average molecular weight is 224 g/mol. The number of alkyl halides is 6. The van der Waals surface area contributed by atoms with Crippen LogP contribution in [0.1, 0.15) is 6.42 Å². The smallest absolute Gasteiger partial charge is 0.251 e. The second-order valence-electron chi connectivity index (χ2n) is 2.50. The lowest BCUT2D eigenvalue weighted by molar-refractivity contribution is -0.176. The highest BCUT2D eigenvalue weighted by Crippen LogP contribution is 2.41. The van der Waals surface area contributed by atoms with Crippen molar-refractivity contribution in [2.75, 3.05) is 6.67 Å². The predicted octanol–water partition coefficient (Wildman–Crippen LogP) is 3.44. The van der Waals surface area contributed by atoms with Crippen LogP contribution in [0.2, 0.25) is 0 Å². The van der Waals surface area contributed by atoms with Gasteiger partial charge in [0.1, 0.15) is 0 Å². The van der Waals surface area contributed by atoms with E-state index >= 15 is 0 Å². The van der Waals surface area contributed by atoms with Gasteiger partial charge in [-0.1, -0.05) is 0 Å². The third-order valence-corrected chi connectivity index (χ3v) is 1.59. The zero-order valence-corrected chi connectivity index (χ0v) is 6.79. The molecule has 7 heteroatoms. The molecule has 0 radical (unpaired) electrons. The van der Waals surface area contributed by atoms with Gasteiger partial charge in [0.25, 0.3) is 18.0 Å². The van der Waals surface area contributed by atoms with Gasteiger partial charge < -0.3 is 0 Å². The Labute approximate surface area is 75.4 Å². The van der Waals surface area contributed by atoms with E-state index in [2.05, 4.69) is 0 Å². The molecule has 0 aliphatic heterocycles. The van der Waals surface area contributed by atoms with Gasteiger partial charge in [0, 0.05) is 6.42 Å². The van der Waals surface area contributed by atoms with Crippen molar-refractivity contribution < 1.29 is 30.7 Å². The summed E-state index contributed by atoms with van der Waals surface area (Å²) in [7, 11) is 0. The van der Waals surface area contributed by atoms with Crippen LogP contribution in [-0.4, -0.2) is 24.7 Å². The van der Waals surface area contributed by atoms with E-state index in [1.165, 1.54) is 0 Å². The summed E-state index contributed by atoms with van der Waals surface area (Å²) in [5, 5.41) is 0. The van der Waals surface area contributed by atoms with Gasteiger partial charge in [-0.2, -0.15) is 0 Å². The van der Waals surface area contributed by atoms with Crippen LogP contribution in [0.5, 0.6) is 0 Å². The van der Waals surface area contributed by atoms with E-state index < -0.39 is 43.5 Å². The molecule has 1 atom stereocenters. The maximum absolute atomic E-state index is 12.9. The van der Waals surface area contributed by atoms with Gasteiger partial charge >= 0.3 is 0 Å². The third kappa shape index (κ3) is 2.39. The molecule has 0 heterocycles.